The molecule has 28 heteroatoms. The van der Waals surface area contributed by atoms with Gasteiger partial charge in [-0.3, -0.25) is 9.59 Å². The number of benzene rings is 4. The molecule has 0 bridgehead atoms. The van der Waals surface area contributed by atoms with Crippen molar-refractivity contribution in [2.75, 3.05) is 37.5 Å². The Kier molecular flexibility index (Phi) is 15.4. The van der Waals surface area contributed by atoms with E-state index in [1.165, 1.54) is 31.4 Å². The van der Waals surface area contributed by atoms with Crippen molar-refractivity contribution < 1.29 is 93.4 Å². The van der Waals surface area contributed by atoms with Crippen LogP contribution < -0.4 is 4.90 Å². The van der Waals surface area contributed by atoms with Gasteiger partial charge in [0.25, 0.3) is 11.8 Å². The van der Waals surface area contributed by atoms with Gasteiger partial charge >= 0.3 is 5.97 Å². The lowest BCUT2D eigenvalue weighted by Crippen LogP contribution is -2.32. The molecule has 0 saturated carbocycles. The number of methoxy groups -OCH3 is 1. The second-order valence-corrected chi connectivity index (χ2v) is 25.7. The standard InChI is InChI=1S/C47H51N3O20S5/c1-28(10-16-40-47(4,19-7-23-71(54,55)56)45-34-25-30(73(60,61)62)27-38(75(66,67)68)32(34)12-14-36(45)49(40)21-22-69-5)9-15-39-46(2,3)44-33-24-29(72(57,58)59)26-37(74(63,64)65)31(33)11-13-35(44)48(39)20-6-8-43(53)70-50-41(51)17-18-42(50)52/h9-16,24-27H,6-8,17-23H2,1-5H3,(H4-,54,55,56,57,58,59,60,61,62,63,64,65,66,67,68)/p-4. The highest BCUT2D eigenvalue weighted by Gasteiger charge is 2.47. The third-order valence-corrected chi connectivity index (χ3v) is 17.5. The summed E-state index contributed by atoms with van der Waals surface area (Å²) in [6, 6.07) is 8.36. The third-order valence-electron chi connectivity index (χ3n) is 13.3. The van der Waals surface area contributed by atoms with Crippen LogP contribution >= 0.6 is 0 Å². The number of carbonyl (C=O) groups excluding carboxylic acids is 3. The molecule has 0 aromatic heterocycles. The Labute approximate surface area is 432 Å². The zero-order valence-corrected chi connectivity index (χ0v) is 44.6. The zero-order valence-electron chi connectivity index (χ0n) is 40.5. The topological polar surface area (TPSA) is 365 Å². The molecule has 4 aromatic carbocycles. The van der Waals surface area contributed by atoms with E-state index in [1.807, 2.05) is 0 Å². The summed E-state index contributed by atoms with van der Waals surface area (Å²) in [4.78, 5) is 39.9. The first kappa shape index (κ1) is 56.9. The van der Waals surface area contributed by atoms with Crippen LogP contribution in [-0.4, -0.2) is 131 Å². The molecule has 3 aliphatic heterocycles. The van der Waals surface area contributed by atoms with Gasteiger partial charge in [-0.2, -0.15) is 4.58 Å². The van der Waals surface area contributed by atoms with Gasteiger partial charge in [0.05, 0.1) is 48.1 Å². The molecule has 75 heavy (non-hydrogen) atoms. The van der Waals surface area contributed by atoms with Crippen LogP contribution in [0.15, 0.2) is 104 Å². The number of anilines is 1. The fourth-order valence-corrected chi connectivity index (χ4v) is 13.2. The molecular formula is C47H47N3O20S5-4. The first-order valence-electron chi connectivity index (χ1n) is 22.6. The Balaban J connectivity index is 1.38. The van der Waals surface area contributed by atoms with Crippen LogP contribution in [0.2, 0.25) is 0 Å². The number of nitrogens with zero attached hydrogens (tertiary/aromatic N) is 3. The predicted molar refractivity (Wildman–Crippen MR) is 260 cm³/mol. The fourth-order valence-electron chi connectivity index (χ4n) is 10.0. The predicted octanol–water partition coefficient (Wildman–Crippen LogP) is 3.51. The maximum absolute atomic E-state index is 12.9. The van der Waals surface area contributed by atoms with E-state index in [0.29, 0.717) is 45.6 Å². The number of hydrogen-bond acceptors (Lipinski definition) is 21. The highest BCUT2D eigenvalue weighted by atomic mass is 32.2. The molecule has 2 amide bonds. The van der Waals surface area contributed by atoms with Gasteiger partial charge in [-0.1, -0.05) is 23.8 Å². The lowest BCUT2D eigenvalue weighted by molar-refractivity contribution is -0.438. The number of fused-ring (bicyclic) bond motifs is 6. The quantitative estimate of drug-likeness (QED) is 0.0561. The van der Waals surface area contributed by atoms with Crippen LogP contribution in [0.4, 0.5) is 11.4 Å². The van der Waals surface area contributed by atoms with Crippen LogP contribution in [0, 0.1) is 0 Å². The molecule has 0 radical (unpaired) electrons. The van der Waals surface area contributed by atoms with E-state index >= 15 is 0 Å². The molecule has 4 aromatic rings. The van der Waals surface area contributed by atoms with E-state index in [2.05, 4.69) is 0 Å². The molecular weight excluding hydrogens is 1090 g/mol. The molecule has 404 valence electrons. The molecule has 1 atom stereocenters. The molecule has 0 N–H and O–H groups in total. The van der Waals surface area contributed by atoms with Gasteiger partial charge in [0.2, 0.25) is 5.69 Å². The number of hydrogen-bond donors (Lipinski definition) is 0. The maximum atomic E-state index is 12.9. The molecule has 0 aliphatic carbocycles. The van der Waals surface area contributed by atoms with Gasteiger partial charge in [0, 0.05) is 78.6 Å². The highest BCUT2D eigenvalue weighted by molar-refractivity contribution is 7.87. The summed E-state index contributed by atoms with van der Waals surface area (Å²) in [7, 11) is -24.9. The van der Waals surface area contributed by atoms with E-state index in [1.54, 1.807) is 61.5 Å². The fraction of sp³-hybridized carbons (Fsp3) is 0.362. The van der Waals surface area contributed by atoms with Gasteiger partial charge in [0.1, 0.15) is 47.0 Å². The minimum absolute atomic E-state index is 0.000495. The molecule has 1 saturated heterocycles. The number of ether oxygens (including phenoxy) is 1. The van der Waals surface area contributed by atoms with Crippen molar-refractivity contribution in [2.45, 2.75) is 96.6 Å². The average molecular weight is 1130 g/mol. The van der Waals surface area contributed by atoms with E-state index in [0.717, 1.165) is 12.1 Å². The minimum atomic E-state index is -5.42. The van der Waals surface area contributed by atoms with Crippen molar-refractivity contribution in [3.63, 3.8) is 0 Å². The summed E-state index contributed by atoms with van der Waals surface area (Å²) in [6.07, 6.45) is 5.58. The number of rotatable bonds is 19. The minimum Gasteiger partial charge on any atom is -0.748 e. The lowest BCUT2D eigenvalue weighted by Gasteiger charge is -2.31. The molecule has 3 aliphatic rings. The summed E-state index contributed by atoms with van der Waals surface area (Å²) in [5, 5.41) is -0.212. The monoisotopic (exact) mass is 1130 g/mol. The molecule has 1 unspecified atom stereocenters. The van der Waals surface area contributed by atoms with Gasteiger partial charge < -0.3 is 37.2 Å². The molecule has 23 nitrogen and oxygen atoms in total. The highest BCUT2D eigenvalue weighted by Crippen LogP contribution is 2.54. The Morgan fingerprint density at radius 2 is 1.28 bits per heavy atom. The summed E-state index contributed by atoms with van der Waals surface area (Å²) < 4.78 is 193. The summed E-state index contributed by atoms with van der Waals surface area (Å²) >= 11 is 0. The Bertz CT molecular complexity index is 3830. The van der Waals surface area contributed by atoms with Crippen LogP contribution in [0.1, 0.15) is 77.3 Å². The van der Waals surface area contributed by atoms with E-state index in [-0.39, 0.29) is 90.9 Å². The van der Waals surface area contributed by atoms with Crippen LogP contribution in [0.5, 0.6) is 0 Å². The van der Waals surface area contributed by atoms with Crippen LogP contribution in [0.25, 0.3) is 21.5 Å². The van der Waals surface area contributed by atoms with Crippen molar-refractivity contribution in [1.29, 1.82) is 0 Å². The van der Waals surface area contributed by atoms with E-state index in [4.69, 9.17) is 9.57 Å². The van der Waals surface area contributed by atoms with Crippen molar-refractivity contribution in [2.24, 2.45) is 0 Å². The first-order valence-corrected chi connectivity index (χ1v) is 29.9. The number of hydroxylamine groups is 2. The molecule has 0 spiro atoms. The third kappa shape index (κ3) is 11.5. The number of imide groups is 1. The van der Waals surface area contributed by atoms with Crippen molar-refractivity contribution >= 4 is 107 Å². The van der Waals surface area contributed by atoms with Gasteiger partial charge in [-0.15, -0.1) is 5.06 Å². The molecule has 7 rings (SSSR count). The second kappa shape index (κ2) is 20.3. The Hall–Kier alpha value is -5.79. The smallest absolute Gasteiger partial charge is 0.333 e. The molecule has 3 heterocycles. The van der Waals surface area contributed by atoms with E-state index in [9.17, 15) is 79.2 Å². The van der Waals surface area contributed by atoms with Crippen molar-refractivity contribution in [3.05, 3.63) is 95.2 Å². The van der Waals surface area contributed by atoms with Gasteiger partial charge in [-0.25, -0.2) is 46.9 Å². The summed E-state index contributed by atoms with van der Waals surface area (Å²) in [5.74, 6) is -3.14. The SMILES string of the molecule is COCCN1/C(=C/C=C(C)/C=C/C2=[N+](CCCC(=O)ON3C(=O)CCC3=O)c3ccc4c(S(=O)(=O)[O-])cc(S(=O)(=O)[O-])cc4c3C2(C)C)C(C)(CCCS(=O)(=O)[O-])c2c1ccc1c(S(=O)(=O)[O-])cc(S(=O)(=O)[O-])cc21. The molecule has 1 fully saturated rings. The van der Waals surface area contributed by atoms with Crippen LogP contribution in [0.3, 0.4) is 0 Å². The van der Waals surface area contributed by atoms with E-state index < -0.39 is 105 Å². The summed E-state index contributed by atoms with van der Waals surface area (Å²) in [5.41, 5.74) is -0.111. The Morgan fingerprint density at radius 1 is 0.733 bits per heavy atom. The first-order chi connectivity index (χ1) is 34.6. The normalized spacial score (nSPS) is 19.1. The van der Waals surface area contributed by atoms with Crippen LogP contribution in [-0.2, 0) is 85.4 Å². The van der Waals surface area contributed by atoms with Crippen molar-refractivity contribution in [3.8, 4) is 0 Å². The average Bonchev–Trinajstić information content (AvgIpc) is 3.82. The number of allylic oxidation sites excluding steroid dienone is 6. The maximum Gasteiger partial charge on any atom is 0.333 e. The van der Waals surface area contributed by atoms with Gasteiger partial charge in [-0.05, 0) is 105 Å². The number of carbonyl (C=O) groups is 3. The zero-order chi connectivity index (χ0) is 55.6. The summed E-state index contributed by atoms with van der Waals surface area (Å²) in [6.45, 7) is 6.84. The Morgan fingerprint density at radius 3 is 1.80 bits per heavy atom. The lowest BCUT2D eigenvalue weighted by atomic mass is 9.75. The largest absolute Gasteiger partial charge is 0.748 e. The number of amides is 2. The second-order valence-electron chi connectivity index (χ2n) is 18.7. The van der Waals surface area contributed by atoms with Gasteiger partial charge in [0.15, 0.2) is 5.71 Å². The van der Waals surface area contributed by atoms with Crippen molar-refractivity contribution in [1.82, 2.24) is 5.06 Å².